The zero-order valence-electron chi connectivity index (χ0n) is 12.0. The molecule has 1 saturated heterocycles. The molecule has 0 aliphatic carbocycles. The van der Waals surface area contributed by atoms with E-state index in [9.17, 15) is 0 Å². The molecule has 0 bridgehead atoms. The fourth-order valence-electron chi connectivity index (χ4n) is 2.84. The van der Waals surface area contributed by atoms with Gasteiger partial charge in [-0.15, -0.1) is 0 Å². The van der Waals surface area contributed by atoms with Crippen LogP contribution in [0.1, 0.15) is 58.2 Å². The molecule has 102 valence electrons. The minimum atomic E-state index is 0.568. The molecule has 1 aromatic heterocycles. The Balaban J connectivity index is 1.90. The van der Waals surface area contributed by atoms with Crippen molar-refractivity contribution in [1.29, 1.82) is 0 Å². The number of rotatable bonds is 5. The van der Waals surface area contributed by atoms with Gasteiger partial charge in [-0.05, 0) is 44.2 Å². The number of hydrogen-bond acceptors (Lipinski definition) is 2. The van der Waals surface area contributed by atoms with Crippen molar-refractivity contribution in [3.8, 4) is 0 Å². The first-order valence-corrected chi connectivity index (χ1v) is 7.50. The van der Waals surface area contributed by atoms with E-state index in [2.05, 4.69) is 43.0 Å². The third kappa shape index (κ3) is 3.35. The molecule has 3 heteroatoms. The summed E-state index contributed by atoms with van der Waals surface area (Å²) >= 11 is 0. The lowest BCUT2D eigenvalue weighted by Crippen LogP contribution is -2.39. The van der Waals surface area contributed by atoms with Crippen molar-refractivity contribution in [3.63, 3.8) is 0 Å². The van der Waals surface area contributed by atoms with Crippen LogP contribution in [-0.2, 0) is 6.42 Å². The third-order valence-corrected chi connectivity index (χ3v) is 4.20. The van der Waals surface area contributed by atoms with E-state index in [-0.39, 0.29) is 0 Å². The fourth-order valence-corrected chi connectivity index (χ4v) is 2.84. The maximum Gasteiger partial charge on any atom is 0.0640 e. The van der Waals surface area contributed by atoms with Crippen LogP contribution in [-0.4, -0.2) is 22.4 Å². The number of hydrogen-bond donors (Lipinski definition) is 1. The molecule has 2 unspecified atom stereocenters. The number of nitrogens with one attached hydrogen (secondary N) is 1. The lowest BCUT2D eigenvalue weighted by atomic mass is 9.94. The highest BCUT2D eigenvalue weighted by Crippen LogP contribution is 2.18. The molecule has 2 heterocycles. The van der Waals surface area contributed by atoms with Gasteiger partial charge in [-0.3, -0.25) is 4.68 Å². The van der Waals surface area contributed by atoms with E-state index in [0.717, 1.165) is 31.7 Å². The average Bonchev–Trinajstić information content (AvgIpc) is 2.82. The Morgan fingerprint density at radius 3 is 2.78 bits per heavy atom. The first kappa shape index (κ1) is 13.6. The molecule has 1 fully saturated rings. The molecule has 18 heavy (non-hydrogen) atoms. The van der Waals surface area contributed by atoms with E-state index < -0.39 is 0 Å². The Bertz CT molecular complexity index is 346. The summed E-state index contributed by atoms with van der Waals surface area (Å²) in [6.45, 7) is 7.96. The molecule has 3 nitrogen and oxygen atoms in total. The van der Waals surface area contributed by atoms with Crippen molar-refractivity contribution >= 4 is 0 Å². The van der Waals surface area contributed by atoms with Crippen molar-refractivity contribution in [2.45, 2.75) is 65.0 Å². The quantitative estimate of drug-likeness (QED) is 0.868. The maximum atomic E-state index is 4.74. The Morgan fingerprint density at radius 2 is 2.17 bits per heavy atom. The zero-order chi connectivity index (χ0) is 13.0. The van der Waals surface area contributed by atoms with Gasteiger partial charge in [0, 0.05) is 18.7 Å². The second kappa shape index (κ2) is 6.37. The van der Waals surface area contributed by atoms with Crippen molar-refractivity contribution in [2.75, 3.05) is 6.54 Å². The Labute approximate surface area is 111 Å². The van der Waals surface area contributed by atoms with Crippen LogP contribution < -0.4 is 5.32 Å². The van der Waals surface area contributed by atoms with Crippen LogP contribution in [0.25, 0.3) is 0 Å². The Morgan fingerprint density at radius 1 is 1.39 bits per heavy atom. The van der Waals surface area contributed by atoms with E-state index in [1.54, 1.807) is 0 Å². The van der Waals surface area contributed by atoms with Gasteiger partial charge in [-0.25, -0.2) is 0 Å². The average molecular weight is 249 g/mol. The van der Waals surface area contributed by atoms with Gasteiger partial charge in [0.1, 0.15) is 0 Å². The molecule has 1 aliphatic heterocycles. The highest BCUT2D eigenvalue weighted by atomic mass is 15.3. The topological polar surface area (TPSA) is 29.9 Å². The lowest BCUT2D eigenvalue weighted by molar-refractivity contribution is 0.323. The first-order valence-electron chi connectivity index (χ1n) is 7.50. The van der Waals surface area contributed by atoms with Crippen LogP contribution in [0, 0.1) is 5.92 Å². The summed E-state index contributed by atoms with van der Waals surface area (Å²) in [5.41, 5.74) is 1.24. The zero-order valence-corrected chi connectivity index (χ0v) is 12.0. The van der Waals surface area contributed by atoms with Crippen molar-refractivity contribution in [3.05, 3.63) is 18.0 Å². The largest absolute Gasteiger partial charge is 0.313 e. The van der Waals surface area contributed by atoms with E-state index >= 15 is 0 Å². The Hall–Kier alpha value is -0.830. The molecule has 1 N–H and O–H groups in total. The second-order valence-electron chi connectivity index (χ2n) is 5.75. The van der Waals surface area contributed by atoms with E-state index in [4.69, 9.17) is 5.10 Å². The van der Waals surface area contributed by atoms with Crippen molar-refractivity contribution in [1.82, 2.24) is 15.1 Å². The minimum Gasteiger partial charge on any atom is -0.313 e. The van der Waals surface area contributed by atoms with Gasteiger partial charge in [0.25, 0.3) is 0 Å². The third-order valence-electron chi connectivity index (χ3n) is 4.20. The first-order chi connectivity index (χ1) is 8.72. The second-order valence-corrected chi connectivity index (χ2v) is 5.75. The normalized spacial score (nSPS) is 24.7. The summed E-state index contributed by atoms with van der Waals surface area (Å²) in [4.78, 5) is 0. The molecule has 0 aromatic carbocycles. The van der Waals surface area contributed by atoms with Crippen LogP contribution in [0.4, 0.5) is 0 Å². The van der Waals surface area contributed by atoms with E-state index in [1.807, 2.05) is 0 Å². The molecule has 2 rings (SSSR count). The summed E-state index contributed by atoms with van der Waals surface area (Å²) in [5, 5.41) is 8.38. The Kier molecular flexibility index (Phi) is 4.81. The van der Waals surface area contributed by atoms with Gasteiger partial charge >= 0.3 is 0 Å². The molecule has 0 spiro atoms. The SMILES string of the molecule is CCC(CC)n1ccc(CC2CCC(C)CN2)n1. The number of nitrogens with zero attached hydrogens (tertiary/aromatic N) is 2. The fraction of sp³-hybridized carbons (Fsp3) is 0.800. The summed E-state index contributed by atoms with van der Waals surface area (Å²) in [6, 6.07) is 3.39. The summed E-state index contributed by atoms with van der Waals surface area (Å²) in [7, 11) is 0. The maximum absolute atomic E-state index is 4.74. The predicted molar refractivity (Wildman–Crippen MR) is 75.7 cm³/mol. The molecule has 1 aromatic rings. The van der Waals surface area contributed by atoms with Crippen LogP contribution in [0.3, 0.4) is 0 Å². The van der Waals surface area contributed by atoms with Crippen LogP contribution >= 0.6 is 0 Å². The molecule has 0 saturated carbocycles. The highest BCUT2D eigenvalue weighted by Gasteiger charge is 2.18. The molecule has 2 atom stereocenters. The van der Waals surface area contributed by atoms with Gasteiger partial charge in [0.2, 0.25) is 0 Å². The van der Waals surface area contributed by atoms with Crippen LogP contribution in [0.15, 0.2) is 12.3 Å². The van der Waals surface area contributed by atoms with Gasteiger partial charge in [-0.1, -0.05) is 20.8 Å². The summed E-state index contributed by atoms with van der Waals surface area (Å²) in [6.07, 6.45) is 8.20. The van der Waals surface area contributed by atoms with Gasteiger partial charge in [-0.2, -0.15) is 5.10 Å². The van der Waals surface area contributed by atoms with Crippen molar-refractivity contribution < 1.29 is 0 Å². The summed E-state index contributed by atoms with van der Waals surface area (Å²) in [5.74, 6) is 0.836. The van der Waals surface area contributed by atoms with Gasteiger partial charge in [0.05, 0.1) is 11.7 Å². The number of aromatic nitrogens is 2. The predicted octanol–water partition coefficient (Wildman–Crippen LogP) is 3.17. The van der Waals surface area contributed by atoms with Crippen LogP contribution in [0.5, 0.6) is 0 Å². The van der Waals surface area contributed by atoms with E-state index in [1.165, 1.54) is 18.5 Å². The molecular formula is C15H27N3. The van der Waals surface area contributed by atoms with E-state index in [0.29, 0.717) is 12.1 Å². The molecular weight excluding hydrogens is 222 g/mol. The highest BCUT2D eigenvalue weighted by molar-refractivity contribution is 5.03. The van der Waals surface area contributed by atoms with Crippen molar-refractivity contribution in [2.24, 2.45) is 5.92 Å². The summed E-state index contributed by atoms with van der Waals surface area (Å²) < 4.78 is 2.15. The number of piperidine rings is 1. The van der Waals surface area contributed by atoms with Gasteiger partial charge < -0.3 is 5.32 Å². The molecule has 0 radical (unpaired) electrons. The lowest BCUT2D eigenvalue weighted by Gasteiger charge is -2.27. The van der Waals surface area contributed by atoms with Gasteiger partial charge in [0.15, 0.2) is 0 Å². The standard InChI is InChI=1S/C15H27N3/c1-4-15(5-2)18-9-8-14(17-18)10-13-7-6-12(3)11-16-13/h8-9,12-13,15-16H,4-7,10-11H2,1-3H3. The monoisotopic (exact) mass is 249 g/mol. The molecule has 0 amide bonds. The smallest absolute Gasteiger partial charge is 0.0640 e. The minimum absolute atomic E-state index is 0.568. The van der Waals surface area contributed by atoms with Crippen LogP contribution in [0.2, 0.25) is 0 Å². The molecule has 1 aliphatic rings.